The molecule has 0 spiro atoms. The average Bonchev–Trinajstić information content (AvgIpc) is 3.17. The number of hydrogen-bond donors (Lipinski definition) is 1. The molecule has 2 atom stereocenters. The van der Waals surface area contributed by atoms with Crippen LogP contribution in [0.25, 0.3) is 0 Å². The molecule has 1 heterocycles. The number of methoxy groups -OCH3 is 1. The van der Waals surface area contributed by atoms with E-state index in [0.717, 1.165) is 11.1 Å². The summed E-state index contributed by atoms with van der Waals surface area (Å²) < 4.78 is 18.6. The first-order valence-electron chi connectivity index (χ1n) is 9.84. The molecule has 1 saturated heterocycles. The molecular weight excluding hydrogens is 371 g/mol. The molecule has 0 aliphatic carbocycles. The number of hydrogen-bond acceptors (Lipinski definition) is 3. The number of ether oxygens (including phenoxy) is 1. The Hall–Kier alpha value is -2.89. The molecule has 2 aromatic carbocycles. The van der Waals surface area contributed by atoms with Crippen molar-refractivity contribution in [2.45, 2.75) is 26.3 Å². The van der Waals surface area contributed by atoms with Crippen LogP contribution in [0.5, 0.6) is 5.75 Å². The number of para-hydroxylation sites is 1. The molecule has 0 saturated carbocycles. The van der Waals surface area contributed by atoms with Gasteiger partial charge in [0, 0.05) is 31.5 Å². The van der Waals surface area contributed by atoms with E-state index in [1.54, 1.807) is 24.1 Å². The maximum atomic E-state index is 13.1. The first-order chi connectivity index (χ1) is 13.9. The van der Waals surface area contributed by atoms with Gasteiger partial charge in [-0.1, -0.05) is 44.2 Å². The molecule has 5 nitrogen and oxygen atoms in total. The van der Waals surface area contributed by atoms with E-state index in [0.29, 0.717) is 25.4 Å². The van der Waals surface area contributed by atoms with Crippen molar-refractivity contribution in [3.05, 3.63) is 65.5 Å². The fourth-order valence-electron chi connectivity index (χ4n) is 3.82. The highest BCUT2D eigenvalue weighted by Crippen LogP contribution is 2.38. The maximum Gasteiger partial charge on any atom is 0.225 e. The summed E-state index contributed by atoms with van der Waals surface area (Å²) in [6.07, 6.45) is 0. The normalized spacial score (nSPS) is 18.7. The van der Waals surface area contributed by atoms with Crippen LogP contribution >= 0.6 is 0 Å². The Morgan fingerprint density at radius 2 is 1.83 bits per heavy atom. The minimum Gasteiger partial charge on any atom is -0.496 e. The largest absolute Gasteiger partial charge is 0.496 e. The van der Waals surface area contributed by atoms with E-state index in [-0.39, 0.29) is 35.4 Å². The lowest BCUT2D eigenvalue weighted by Crippen LogP contribution is -2.36. The number of carbonyl (C=O) groups is 2. The highest BCUT2D eigenvalue weighted by molar-refractivity contribution is 5.84. The summed E-state index contributed by atoms with van der Waals surface area (Å²) in [5.74, 6) is -0.337. The number of rotatable bonds is 6. The molecule has 0 radical (unpaired) electrons. The van der Waals surface area contributed by atoms with E-state index in [1.165, 1.54) is 12.1 Å². The zero-order chi connectivity index (χ0) is 21.0. The molecule has 2 aromatic rings. The SMILES string of the molecule is COc1ccccc1[C@@H]1CN(C(=O)C(C)C)C[C@H]1C(=O)NCc1ccc(F)cc1. The smallest absolute Gasteiger partial charge is 0.225 e. The van der Waals surface area contributed by atoms with Gasteiger partial charge < -0.3 is 15.0 Å². The van der Waals surface area contributed by atoms with Gasteiger partial charge >= 0.3 is 0 Å². The molecule has 0 unspecified atom stereocenters. The molecule has 3 rings (SSSR count). The Balaban J connectivity index is 1.80. The van der Waals surface area contributed by atoms with Crippen LogP contribution in [-0.2, 0) is 16.1 Å². The van der Waals surface area contributed by atoms with Gasteiger partial charge in [-0.15, -0.1) is 0 Å². The van der Waals surface area contributed by atoms with Gasteiger partial charge in [0.25, 0.3) is 0 Å². The van der Waals surface area contributed by atoms with Gasteiger partial charge in [0.1, 0.15) is 11.6 Å². The van der Waals surface area contributed by atoms with Crippen LogP contribution in [0, 0.1) is 17.7 Å². The Kier molecular flexibility index (Phi) is 6.52. The molecule has 0 bridgehead atoms. The van der Waals surface area contributed by atoms with E-state index in [2.05, 4.69) is 5.32 Å². The number of amides is 2. The molecule has 1 aliphatic heterocycles. The number of nitrogens with zero attached hydrogens (tertiary/aromatic N) is 1. The summed E-state index contributed by atoms with van der Waals surface area (Å²) in [5, 5.41) is 2.95. The Labute approximate surface area is 170 Å². The highest BCUT2D eigenvalue weighted by atomic mass is 19.1. The van der Waals surface area contributed by atoms with Gasteiger partial charge in [-0.2, -0.15) is 0 Å². The predicted octanol–water partition coefficient (Wildman–Crippen LogP) is 3.35. The fraction of sp³-hybridized carbons (Fsp3) is 0.391. The average molecular weight is 398 g/mol. The van der Waals surface area contributed by atoms with Gasteiger partial charge in [-0.25, -0.2) is 4.39 Å². The third-order valence-electron chi connectivity index (χ3n) is 5.38. The third-order valence-corrected chi connectivity index (χ3v) is 5.38. The standard InChI is InChI=1S/C23H27FN2O3/c1-15(2)23(28)26-13-19(18-6-4-5-7-21(18)29-3)20(14-26)22(27)25-12-16-8-10-17(24)11-9-16/h4-11,15,19-20H,12-14H2,1-3H3,(H,25,27)/t19-,20+/m0/s1. The fourth-order valence-corrected chi connectivity index (χ4v) is 3.82. The van der Waals surface area contributed by atoms with Crippen molar-refractivity contribution in [1.82, 2.24) is 10.2 Å². The summed E-state index contributed by atoms with van der Waals surface area (Å²) >= 11 is 0. The number of halogens is 1. The summed E-state index contributed by atoms with van der Waals surface area (Å²) in [7, 11) is 1.61. The van der Waals surface area contributed by atoms with Gasteiger partial charge in [-0.3, -0.25) is 9.59 Å². The van der Waals surface area contributed by atoms with E-state index in [9.17, 15) is 14.0 Å². The number of likely N-dealkylation sites (tertiary alicyclic amines) is 1. The van der Waals surface area contributed by atoms with Crippen LogP contribution < -0.4 is 10.1 Å². The summed E-state index contributed by atoms with van der Waals surface area (Å²) in [4.78, 5) is 27.4. The lowest BCUT2D eigenvalue weighted by Gasteiger charge is -2.20. The van der Waals surface area contributed by atoms with Crippen LogP contribution in [0.3, 0.4) is 0 Å². The minimum absolute atomic E-state index is 0.0405. The zero-order valence-corrected chi connectivity index (χ0v) is 17.0. The second kappa shape index (κ2) is 9.07. The second-order valence-electron chi connectivity index (χ2n) is 7.70. The van der Waals surface area contributed by atoms with E-state index in [4.69, 9.17) is 4.74 Å². The van der Waals surface area contributed by atoms with Crippen LogP contribution in [0.4, 0.5) is 4.39 Å². The third kappa shape index (κ3) is 4.75. The topological polar surface area (TPSA) is 58.6 Å². The monoisotopic (exact) mass is 398 g/mol. The molecule has 0 aromatic heterocycles. The van der Waals surface area contributed by atoms with Crippen LogP contribution in [0.15, 0.2) is 48.5 Å². The second-order valence-corrected chi connectivity index (χ2v) is 7.70. The first kappa shape index (κ1) is 20.8. The van der Waals surface area contributed by atoms with Crippen LogP contribution in [0.2, 0.25) is 0 Å². The Morgan fingerprint density at radius 1 is 1.14 bits per heavy atom. The summed E-state index contributed by atoms with van der Waals surface area (Å²) in [6.45, 7) is 4.89. The number of nitrogens with one attached hydrogen (secondary N) is 1. The van der Waals surface area contributed by atoms with Gasteiger partial charge in [0.05, 0.1) is 13.0 Å². The zero-order valence-electron chi connectivity index (χ0n) is 17.0. The van der Waals surface area contributed by atoms with Gasteiger partial charge in [-0.05, 0) is 29.3 Å². The molecule has 2 amide bonds. The number of benzene rings is 2. The molecular formula is C23H27FN2O3. The van der Waals surface area contributed by atoms with Crippen molar-refractivity contribution in [1.29, 1.82) is 0 Å². The lowest BCUT2D eigenvalue weighted by molar-refractivity contribution is -0.133. The van der Waals surface area contributed by atoms with E-state index in [1.807, 2.05) is 38.1 Å². The van der Waals surface area contributed by atoms with E-state index < -0.39 is 0 Å². The van der Waals surface area contributed by atoms with E-state index >= 15 is 0 Å². The highest BCUT2D eigenvalue weighted by Gasteiger charge is 2.41. The van der Waals surface area contributed by atoms with Crippen molar-refractivity contribution in [2.75, 3.05) is 20.2 Å². The summed E-state index contributed by atoms with van der Waals surface area (Å²) in [5.41, 5.74) is 1.75. The van der Waals surface area contributed by atoms with Gasteiger partial charge in [0.2, 0.25) is 11.8 Å². The number of carbonyl (C=O) groups excluding carboxylic acids is 2. The molecule has 29 heavy (non-hydrogen) atoms. The Bertz CT molecular complexity index is 867. The molecule has 1 N–H and O–H groups in total. The van der Waals surface area contributed by atoms with Crippen molar-refractivity contribution in [3.63, 3.8) is 0 Å². The lowest BCUT2D eigenvalue weighted by atomic mass is 9.87. The van der Waals surface area contributed by atoms with Crippen molar-refractivity contribution < 1.29 is 18.7 Å². The molecule has 154 valence electrons. The predicted molar refractivity (Wildman–Crippen MR) is 109 cm³/mol. The molecule has 1 fully saturated rings. The van der Waals surface area contributed by atoms with Gasteiger partial charge in [0.15, 0.2) is 0 Å². The first-order valence-corrected chi connectivity index (χ1v) is 9.84. The quantitative estimate of drug-likeness (QED) is 0.812. The van der Waals surface area contributed by atoms with Crippen molar-refractivity contribution in [3.8, 4) is 5.75 Å². The van der Waals surface area contributed by atoms with Crippen LogP contribution in [-0.4, -0.2) is 36.9 Å². The minimum atomic E-state index is -0.380. The molecule has 1 aliphatic rings. The van der Waals surface area contributed by atoms with Crippen molar-refractivity contribution >= 4 is 11.8 Å². The van der Waals surface area contributed by atoms with Crippen molar-refractivity contribution in [2.24, 2.45) is 11.8 Å². The summed E-state index contributed by atoms with van der Waals surface area (Å²) in [6, 6.07) is 13.7. The Morgan fingerprint density at radius 3 is 2.48 bits per heavy atom. The van der Waals surface area contributed by atoms with Crippen LogP contribution in [0.1, 0.15) is 30.9 Å². The molecule has 6 heteroatoms. The maximum absolute atomic E-state index is 13.1.